The number of piperidine rings is 1. The number of anilines is 1. The maximum absolute atomic E-state index is 13.1. The number of rotatable bonds is 5. The van der Waals surface area contributed by atoms with E-state index in [1.54, 1.807) is 0 Å². The zero-order valence-corrected chi connectivity index (χ0v) is 19.3. The summed E-state index contributed by atoms with van der Waals surface area (Å²) >= 11 is 0. The molecule has 2 fully saturated rings. The minimum atomic E-state index is -0.0982. The maximum Gasteiger partial charge on any atom is 0.240 e. The topological polar surface area (TPSA) is 55.9 Å². The van der Waals surface area contributed by atoms with Crippen LogP contribution in [0.4, 0.5) is 5.69 Å². The number of benzene rings is 1. The van der Waals surface area contributed by atoms with Crippen LogP contribution in [0.3, 0.4) is 0 Å². The van der Waals surface area contributed by atoms with Crippen molar-refractivity contribution in [2.24, 2.45) is 0 Å². The molecule has 1 aromatic carbocycles. The highest BCUT2D eigenvalue weighted by molar-refractivity contribution is 5.93. The van der Waals surface area contributed by atoms with E-state index in [0.29, 0.717) is 18.6 Å². The van der Waals surface area contributed by atoms with Crippen molar-refractivity contribution in [2.75, 3.05) is 38.0 Å². The fraction of sp³-hybridized carbons (Fsp3) is 0.667. The minimum Gasteiger partial charge on any atom is -0.336 e. The number of hydrogen-bond donors (Lipinski definition) is 1. The second-order valence-corrected chi connectivity index (χ2v) is 9.16. The average molecular weight is 415 g/mol. The Bertz CT molecular complexity index is 748. The summed E-state index contributed by atoms with van der Waals surface area (Å²) in [5, 5.41) is 3.05. The van der Waals surface area contributed by atoms with Crippen molar-refractivity contribution >= 4 is 17.5 Å². The molecule has 0 radical (unpaired) electrons. The molecule has 2 heterocycles. The minimum absolute atomic E-state index is 0.0252. The Morgan fingerprint density at radius 1 is 1.07 bits per heavy atom. The van der Waals surface area contributed by atoms with Crippen molar-refractivity contribution in [3.05, 3.63) is 29.3 Å². The van der Waals surface area contributed by atoms with Crippen LogP contribution in [0.1, 0.15) is 51.2 Å². The van der Waals surface area contributed by atoms with Crippen molar-refractivity contribution in [3.63, 3.8) is 0 Å². The average Bonchev–Trinajstić information content (AvgIpc) is 2.71. The number of carbonyl (C=O) groups excluding carboxylic acids is 2. The zero-order valence-electron chi connectivity index (χ0n) is 19.3. The fourth-order valence-electron chi connectivity index (χ4n) is 4.82. The fourth-order valence-corrected chi connectivity index (χ4v) is 4.82. The summed E-state index contributed by atoms with van der Waals surface area (Å²) in [4.78, 5) is 32.2. The molecule has 2 aliphatic rings. The number of amides is 2. The highest BCUT2D eigenvalue weighted by Crippen LogP contribution is 2.24. The lowest BCUT2D eigenvalue weighted by Crippen LogP contribution is -2.58. The second-order valence-electron chi connectivity index (χ2n) is 9.16. The summed E-state index contributed by atoms with van der Waals surface area (Å²) in [5.41, 5.74) is 3.18. The van der Waals surface area contributed by atoms with Gasteiger partial charge in [0.05, 0.1) is 12.6 Å². The van der Waals surface area contributed by atoms with E-state index in [1.807, 2.05) is 26.0 Å². The number of likely N-dealkylation sites (tertiary alicyclic amines) is 1. The van der Waals surface area contributed by atoms with Crippen LogP contribution in [-0.2, 0) is 9.59 Å². The Kier molecular flexibility index (Phi) is 7.53. The molecule has 1 N–H and O–H groups in total. The number of carbonyl (C=O) groups is 2. The predicted octanol–water partition coefficient (Wildman–Crippen LogP) is 3.04. The van der Waals surface area contributed by atoms with Gasteiger partial charge in [0.25, 0.3) is 0 Å². The molecule has 0 aromatic heterocycles. The lowest BCUT2D eigenvalue weighted by atomic mass is 9.96. The van der Waals surface area contributed by atoms with Gasteiger partial charge < -0.3 is 10.2 Å². The molecule has 0 saturated carbocycles. The highest BCUT2D eigenvalue weighted by atomic mass is 16.2. The molecule has 3 rings (SSSR count). The van der Waals surface area contributed by atoms with Gasteiger partial charge in [0, 0.05) is 44.0 Å². The van der Waals surface area contributed by atoms with E-state index < -0.39 is 0 Å². The molecule has 30 heavy (non-hydrogen) atoms. The molecular weight excluding hydrogens is 376 g/mol. The van der Waals surface area contributed by atoms with Crippen LogP contribution >= 0.6 is 0 Å². The monoisotopic (exact) mass is 414 g/mol. The third kappa shape index (κ3) is 5.22. The van der Waals surface area contributed by atoms with Crippen LogP contribution in [0.2, 0.25) is 0 Å². The van der Waals surface area contributed by atoms with Crippen molar-refractivity contribution in [2.45, 2.75) is 72.0 Å². The first-order chi connectivity index (χ1) is 14.3. The van der Waals surface area contributed by atoms with Gasteiger partial charge in [-0.05, 0) is 71.1 Å². The highest BCUT2D eigenvalue weighted by Gasteiger charge is 2.35. The first-order valence-electron chi connectivity index (χ1n) is 11.4. The first kappa shape index (κ1) is 22.8. The van der Waals surface area contributed by atoms with Gasteiger partial charge in [0.2, 0.25) is 11.8 Å². The molecule has 0 unspecified atom stereocenters. The Hall–Kier alpha value is -1.92. The molecule has 0 spiro atoms. The summed E-state index contributed by atoms with van der Waals surface area (Å²) in [6.45, 7) is 14.1. The predicted molar refractivity (Wildman–Crippen MR) is 122 cm³/mol. The number of nitrogens with zero attached hydrogens (tertiary/aromatic N) is 3. The van der Waals surface area contributed by atoms with E-state index in [1.165, 1.54) is 12.0 Å². The van der Waals surface area contributed by atoms with E-state index in [0.717, 1.165) is 50.3 Å². The zero-order chi connectivity index (χ0) is 21.8. The standard InChI is InChI=1S/C24H38N4O2/c1-17-8-6-11-22(20(17)4)25-23(29)16-26-12-14-27(15-13-26)21(5)24(30)28-18(2)9-7-10-19(28)3/h6,8,11,18-19,21H,7,9-10,12-16H2,1-5H3,(H,25,29)/t18-,19-,21-/m0/s1. The van der Waals surface area contributed by atoms with Crippen LogP contribution < -0.4 is 5.32 Å². The molecule has 6 nitrogen and oxygen atoms in total. The molecule has 166 valence electrons. The van der Waals surface area contributed by atoms with Crippen LogP contribution in [0, 0.1) is 13.8 Å². The summed E-state index contributed by atoms with van der Waals surface area (Å²) in [5.74, 6) is 0.285. The Morgan fingerprint density at radius 2 is 1.70 bits per heavy atom. The van der Waals surface area contributed by atoms with Gasteiger partial charge in [-0.2, -0.15) is 0 Å². The molecule has 2 amide bonds. The number of hydrogen-bond acceptors (Lipinski definition) is 4. The Morgan fingerprint density at radius 3 is 2.33 bits per heavy atom. The van der Waals surface area contributed by atoms with E-state index in [4.69, 9.17) is 0 Å². The summed E-state index contributed by atoms with van der Waals surface area (Å²) < 4.78 is 0. The smallest absolute Gasteiger partial charge is 0.240 e. The van der Waals surface area contributed by atoms with Crippen molar-refractivity contribution in [1.29, 1.82) is 0 Å². The molecule has 2 aliphatic heterocycles. The summed E-state index contributed by atoms with van der Waals surface area (Å²) in [6, 6.07) is 6.54. The van der Waals surface area contributed by atoms with Gasteiger partial charge in [-0.1, -0.05) is 12.1 Å². The van der Waals surface area contributed by atoms with Gasteiger partial charge in [0.1, 0.15) is 0 Å². The van der Waals surface area contributed by atoms with Crippen molar-refractivity contribution in [3.8, 4) is 0 Å². The van der Waals surface area contributed by atoms with Crippen LogP contribution in [-0.4, -0.2) is 77.4 Å². The van der Waals surface area contributed by atoms with Gasteiger partial charge >= 0.3 is 0 Å². The normalized spacial score (nSPS) is 24.5. The van der Waals surface area contributed by atoms with E-state index in [9.17, 15) is 9.59 Å². The lowest BCUT2D eigenvalue weighted by Gasteiger charge is -2.44. The summed E-state index contributed by atoms with van der Waals surface area (Å²) in [7, 11) is 0. The van der Waals surface area contributed by atoms with Gasteiger partial charge in [-0.3, -0.25) is 19.4 Å². The maximum atomic E-state index is 13.1. The summed E-state index contributed by atoms with van der Waals surface area (Å²) in [6.07, 6.45) is 3.42. The van der Waals surface area contributed by atoms with E-state index in [2.05, 4.69) is 46.9 Å². The number of aryl methyl sites for hydroxylation is 1. The van der Waals surface area contributed by atoms with Gasteiger partial charge in [-0.25, -0.2) is 0 Å². The largest absolute Gasteiger partial charge is 0.336 e. The van der Waals surface area contributed by atoms with Gasteiger partial charge in [0.15, 0.2) is 0 Å². The third-order valence-electron chi connectivity index (χ3n) is 7.01. The first-order valence-corrected chi connectivity index (χ1v) is 11.4. The Labute approximate surface area is 181 Å². The van der Waals surface area contributed by atoms with Crippen molar-refractivity contribution < 1.29 is 9.59 Å². The van der Waals surface area contributed by atoms with Crippen molar-refractivity contribution in [1.82, 2.24) is 14.7 Å². The van der Waals surface area contributed by atoms with Crippen LogP contribution in [0.5, 0.6) is 0 Å². The van der Waals surface area contributed by atoms with Crippen LogP contribution in [0.15, 0.2) is 18.2 Å². The van der Waals surface area contributed by atoms with E-state index in [-0.39, 0.29) is 17.9 Å². The van der Waals surface area contributed by atoms with E-state index >= 15 is 0 Å². The molecule has 2 saturated heterocycles. The number of piperazine rings is 1. The number of nitrogens with one attached hydrogen (secondary N) is 1. The second kappa shape index (κ2) is 9.92. The third-order valence-corrected chi connectivity index (χ3v) is 7.01. The molecule has 3 atom stereocenters. The molecule has 1 aromatic rings. The lowest BCUT2D eigenvalue weighted by molar-refractivity contribution is -0.143. The van der Waals surface area contributed by atoms with Gasteiger partial charge in [-0.15, -0.1) is 0 Å². The SMILES string of the molecule is Cc1cccc(NC(=O)CN2CCN([C@@H](C)C(=O)N3[C@@H](C)CCC[C@@H]3C)CC2)c1C. The molecular formula is C24H38N4O2. The molecule has 0 bridgehead atoms. The molecule has 6 heteroatoms. The molecule has 0 aliphatic carbocycles. The quantitative estimate of drug-likeness (QED) is 0.805. The Balaban J connectivity index is 1.48. The van der Waals surface area contributed by atoms with Crippen LogP contribution in [0.25, 0.3) is 0 Å².